The summed E-state index contributed by atoms with van der Waals surface area (Å²) in [4.78, 5) is 49.4. The van der Waals surface area contributed by atoms with Gasteiger partial charge >= 0.3 is 11.6 Å². The van der Waals surface area contributed by atoms with E-state index < -0.39 is 23.5 Å². The zero-order valence-corrected chi connectivity index (χ0v) is 22.5. The van der Waals surface area contributed by atoms with E-state index in [0.717, 1.165) is 53.4 Å². The number of hydrogen-bond donors (Lipinski definition) is 3. The highest BCUT2D eigenvalue weighted by atomic mass is 16.4. The zero-order valence-electron chi connectivity index (χ0n) is 22.5. The van der Waals surface area contributed by atoms with Gasteiger partial charge in [-0.3, -0.25) is 14.4 Å². The van der Waals surface area contributed by atoms with E-state index in [-0.39, 0.29) is 36.8 Å². The van der Waals surface area contributed by atoms with Crippen molar-refractivity contribution in [2.45, 2.75) is 85.1 Å². The fraction of sp³-hybridized carbons (Fsp3) is 0.517. The highest BCUT2D eigenvalue weighted by molar-refractivity contribution is 6.00. The maximum absolute atomic E-state index is 13.0. The number of aryl methyl sites for hydroxylation is 4. The molecule has 0 fully saturated rings. The molecule has 38 heavy (non-hydrogen) atoms. The number of benzene rings is 1. The molecule has 0 spiro atoms. The van der Waals surface area contributed by atoms with E-state index in [0.29, 0.717) is 24.0 Å². The van der Waals surface area contributed by atoms with E-state index in [9.17, 15) is 19.2 Å². The minimum atomic E-state index is -0.931. The second kappa shape index (κ2) is 11.4. The van der Waals surface area contributed by atoms with Crippen molar-refractivity contribution in [2.24, 2.45) is 5.92 Å². The number of amides is 2. The summed E-state index contributed by atoms with van der Waals surface area (Å²) in [5.74, 6) is -0.628. The lowest BCUT2D eigenvalue weighted by molar-refractivity contribution is -0.137. The van der Waals surface area contributed by atoms with Gasteiger partial charge in [-0.1, -0.05) is 13.8 Å². The van der Waals surface area contributed by atoms with Crippen molar-refractivity contribution in [3.63, 3.8) is 0 Å². The van der Waals surface area contributed by atoms with Gasteiger partial charge in [-0.2, -0.15) is 0 Å². The van der Waals surface area contributed by atoms with Crippen molar-refractivity contribution in [1.82, 2.24) is 10.6 Å². The van der Waals surface area contributed by atoms with Crippen LogP contribution in [-0.4, -0.2) is 35.5 Å². The van der Waals surface area contributed by atoms with Crippen LogP contribution < -0.4 is 16.3 Å². The number of aliphatic carboxylic acids is 1. The van der Waals surface area contributed by atoms with Gasteiger partial charge in [0.2, 0.25) is 11.8 Å². The first-order valence-corrected chi connectivity index (χ1v) is 13.4. The third kappa shape index (κ3) is 5.76. The van der Waals surface area contributed by atoms with Gasteiger partial charge in [0, 0.05) is 41.3 Å². The predicted molar refractivity (Wildman–Crippen MR) is 143 cm³/mol. The van der Waals surface area contributed by atoms with Crippen molar-refractivity contribution < 1.29 is 28.3 Å². The SMILES string of the molecule is Cc1c(CC(=O)NC(CC(C)C)C(=O)NCCCC(=O)O)c(=O)oc2c(C)c3oc4c(c3cc12)CCCC4. The minimum Gasteiger partial charge on any atom is -0.481 e. The third-order valence-corrected chi connectivity index (χ3v) is 7.29. The van der Waals surface area contributed by atoms with Crippen LogP contribution >= 0.6 is 0 Å². The van der Waals surface area contributed by atoms with E-state index in [4.69, 9.17) is 13.9 Å². The Bertz CT molecular complexity index is 1450. The van der Waals surface area contributed by atoms with Gasteiger partial charge in [0.05, 0.1) is 12.0 Å². The lowest BCUT2D eigenvalue weighted by Crippen LogP contribution is -2.48. The first-order valence-electron chi connectivity index (χ1n) is 13.4. The average molecular weight is 525 g/mol. The molecular weight excluding hydrogens is 488 g/mol. The largest absolute Gasteiger partial charge is 0.481 e. The summed E-state index contributed by atoms with van der Waals surface area (Å²) in [5.41, 5.74) is 3.57. The molecule has 2 amide bonds. The molecule has 0 bridgehead atoms. The Kier molecular flexibility index (Phi) is 8.23. The van der Waals surface area contributed by atoms with Crippen molar-refractivity contribution in [3.8, 4) is 0 Å². The molecule has 3 N–H and O–H groups in total. The van der Waals surface area contributed by atoms with Gasteiger partial charge in [0.25, 0.3) is 0 Å². The molecule has 0 saturated heterocycles. The van der Waals surface area contributed by atoms with Crippen LogP contribution in [0.4, 0.5) is 0 Å². The van der Waals surface area contributed by atoms with Gasteiger partial charge in [-0.15, -0.1) is 0 Å². The molecule has 0 radical (unpaired) electrons. The molecule has 1 aliphatic rings. The van der Waals surface area contributed by atoms with Crippen molar-refractivity contribution in [2.75, 3.05) is 6.54 Å². The summed E-state index contributed by atoms with van der Waals surface area (Å²) in [7, 11) is 0. The van der Waals surface area contributed by atoms with Gasteiger partial charge < -0.3 is 24.6 Å². The van der Waals surface area contributed by atoms with E-state index >= 15 is 0 Å². The van der Waals surface area contributed by atoms with Gasteiger partial charge in [0.15, 0.2) is 0 Å². The Balaban J connectivity index is 1.58. The topological polar surface area (TPSA) is 139 Å². The van der Waals surface area contributed by atoms with Crippen molar-refractivity contribution in [3.05, 3.63) is 44.5 Å². The first-order chi connectivity index (χ1) is 18.1. The van der Waals surface area contributed by atoms with E-state index in [2.05, 4.69) is 10.6 Å². The fourth-order valence-corrected chi connectivity index (χ4v) is 5.30. The van der Waals surface area contributed by atoms with Crippen LogP contribution in [0.15, 0.2) is 19.7 Å². The van der Waals surface area contributed by atoms with Crippen LogP contribution in [0.25, 0.3) is 21.9 Å². The second-order valence-corrected chi connectivity index (χ2v) is 10.7. The monoisotopic (exact) mass is 524 g/mol. The normalized spacial score (nSPS) is 14.0. The van der Waals surface area contributed by atoms with Crippen LogP contribution in [0.2, 0.25) is 0 Å². The zero-order chi connectivity index (χ0) is 27.6. The maximum Gasteiger partial charge on any atom is 0.340 e. The third-order valence-electron chi connectivity index (χ3n) is 7.29. The summed E-state index contributed by atoms with van der Waals surface area (Å²) in [5, 5.41) is 16.1. The molecule has 2 aromatic heterocycles. The van der Waals surface area contributed by atoms with Crippen LogP contribution in [0, 0.1) is 19.8 Å². The lowest BCUT2D eigenvalue weighted by Gasteiger charge is -2.20. The van der Waals surface area contributed by atoms with Crippen molar-refractivity contribution >= 4 is 39.7 Å². The predicted octanol–water partition coefficient (Wildman–Crippen LogP) is 4.09. The Hall–Kier alpha value is -3.62. The van der Waals surface area contributed by atoms with Crippen LogP contribution in [0.3, 0.4) is 0 Å². The highest BCUT2D eigenvalue weighted by Crippen LogP contribution is 2.37. The average Bonchev–Trinajstić information content (AvgIpc) is 3.23. The lowest BCUT2D eigenvalue weighted by atomic mass is 9.93. The summed E-state index contributed by atoms with van der Waals surface area (Å²) >= 11 is 0. The number of carboxylic acid groups (broad SMARTS) is 1. The second-order valence-electron chi connectivity index (χ2n) is 10.7. The highest BCUT2D eigenvalue weighted by Gasteiger charge is 2.25. The number of rotatable bonds is 10. The Morgan fingerprint density at radius 1 is 1.03 bits per heavy atom. The molecule has 9 heteroatoms. The number of carbonyl (C=O) groups is 3. The van der Waals surface area contributed by atoms with E-state index in [1.165, 1.54) is 5.56 Å². The molecular formula is C29H36N2O7. The number of nitrogens with one attached hydrogen (secondary N) is 2. The summed E-state index contributed by atoms with van der Waals surface area (Å²) in [6.45, 7) is 7.79. The molecule has 3 aromatic rings. The molecule has 1 aliphatic carbocycles. The Labute approximate surface area is 220 Å². The first kappa shape index (κ1) is 27.4. The number of fused-ring (bicyclic) bond motifs is 4. The van der Waals surface area contributed by atoms with Crippen LogP contribution in [-0.2, 0) is 33.6 Å². The van der Waals surface area contributed by atoms with Crippen LogP contribution in [0.1, 0.15) is 74.0 Å². The number of carbonyl (C=O) groups excluding carboxylic acids is 2. The number of carboxylic acids is 1. The standard InChI is InChI=1S/C29H36N2O7/c1-15(2)12-22(28(35)30-11-7-10-25(33)34)31-24(32)14-20-16(3)19-13-21-18-8-5-6-9-23(18)37-27(21)17(4)26(19)38-29(20)36/h13,15,22H,5-12,14H2,1-4H3,(H,30,35)(H,31,32)(H,33,34). The molecule has 1 unspecified atom stereocenters. The molecule has 1 atom stereocenters. The molecule has 2 heterocycles. The number of furan rings is 1. The summed E-state index contributed by atoms with van der Waals surface area (Å²) in [6, 6.07) is 1.22. The number of hydrogen-bond acceptors (Lipinski definition) is 6. The molecule has 1 aromatic carbocycles. The molecule has 4 rings (SSSR count). The molecule has 9 nitrogen and oxygen atoms in total. The molecule has 204 valence electrons. The minimum absolute atomic E-state index is 0.0497. The maximum atomic E-state index is 13.0. The summed E-state index contributed by atoms with van der Waals surface area (Å²) < 4.78 is 11.9. The smallest absolute Gasteiger partial charge is 0.340 e. The summed E-state index contributed by atoms with van der Waals surface area (Å²) in [6.07, 6.45) is 4.50. The Morgan fingerprint density at radius 2 is 1.74 bits per heavy atom. The quantitative estimate of drug-likeness (QED) is 0.268. The molecule has 0 saturated carbocycles. The van der Waals surface area contributed by atoms with E-state index in [1.807, 2.05) is 33.8 Å². The van der Waals surface area contributed by atoms with Gasteiger partial charge in [-0.25, -0.2) is 4.79 Å². The fourth-order valence-electron chi connectivity index (χ4n) is 5.30. The van der Waals surface area contributed by atoms with Gasteiger partial charge in [0.1, 0.15) is 23.0 Å². The van der Waals surface area contributed by atoms with Gasteiger partial charge in [-0.05, 0) is 63.5 Å². The molecule has 0 aliphatic heterocycles. The van der Waals surface area contributed by atoms with Crippen LogP contribution in [0.5, 0.6) is 0 Å². The van der Waals surface area contributed by atoms with Crippen molar-refractivity contribution in [1.29, 1.82) is 0 Å². The van der Waals surface area contributed by atoms with E-state index in [1.54, 1.807) is 0 Å². The Morgan fingerprint density at radius 3 is 2.45 bits per heavy atom.